The lowest BCUT2D eigenvalue weighted by molar-refractivity contribution is 0.134. The van der Waals surface area contributed by atoms with Crippen molar-refractivity contribution in [2.45, 2.75) is 39.4 Å². The number of nitrogens with zero attached hydrogens (tertiary/aromatic N) is 3. The van der Waals surface area contributed by atoms with Crippen LogP contribution < -0.4 is 11.2 Å². The minimum atomic E-state index is -0.246. The highest BCUT2D eigenvalue weighted by molar-refractivity contribution is 5.23. The lowest BCUT2D eigenvalue weighted by Gasteiger charge is -2.31. The van der Waals surface area contributed by atoms with Crippen LogP contribution in [0.5, 0.6) is 0 Å². The molecule has 2 heterocycles. The molecule has 0 aromatic carbocycles. The topological polar surface area (TPSA) is 47.2 Å². The number of hydrogen-bond donors (Lipinski definition) is 0. The van der Waals surface area contributed by atoms with Crippen molar-refractivity contribution < 1.29 is 0 Å². The summed E-state index contributed by atoms with van der Waals surface area (Å²) < 4.78 is 2.77. The highest BCUT2D eigenvalue weighted by atomic mass is 16.2. The molecule has 1 aromatic heterocycles. The van der Waals surface area contributed by atoms with Crippen LogP contribution in [0.1, 0.15) is 32.0 Å². The zero-order valence-corrected chi connectivity index (χ0v) is 11.1. The highest BCUT2D eigenvalue weighted by Crippen LogP contribution is 2.25. The Morgan fingerprint density at radius 3 is 2.12 bits per heavy atom. The first kappa shape index (κ1) is 12.1. The minimum absolute atomic E-state index is 0.0000784. The van der Waals surface area contributed by atoms with Crippen LogP contribution in [0.2, 0.25) is 0 Å². The zero-order valence-electron chi connectivity index (χ0n) is 11.1. The molecule has 17 heavy (non-hydrogen) atoms. The zero-order chi connectivity index (χ0) is 13.0. The fourth-order valence-corrected chi connectivity index (χ4v) is 2.22. The van der Waals surface area contributed by atoms with E-state index in [9.17, 15) is 9.59 Å². The van der Waals surface area contributed by atoms with Gasteiger partial charge in [0.1, 0.15) is 0 Å². The van der Waals surface area contributed by atoms with Crippen LogP contribution >= 0.6 is 0 Å². The van der Waals surface area contributed by atoms with Gasteiger partial charge < -0.3 is 0 Å². The summed E-state index contributed by atoms with van der Waals surface area (Å²) in [6.07, 6.45) is 0. The number of rotatable bonds is 0. The van der Waals surface area contributed by atoms with Gasteiger partial charge in [0.05, 0.1) is 5.56 Å². The molecule has 0 unspecified atom stereocenters. The molecule has 5 nitrogen and oxygen atoms in total. The Labute approximate surface area is 100 Å². The molecule has 0 N–H and O–H groups in total. The summed E-state index contributed by atoms with van der Waals surface area (Å²) in [6, 6.07) is 0. The third-order valence-corrected chi connectivity index (χ3v) is 3.53. The van der Waals surface area contributed by atoms with E-state index in [-0.39, 0.29) is 16.8 Å². The van der Waals surface area contributed by atoms with Gasteiger partial charge in [-0.2, -0.15) is 0 Å². The molecule has 0 spiro atoms. The molecule has 2 rings (SSSR count). The summed E-state index contributed by atoms with van der Waals surface area (Å²) >= 11 is 0. The first-order valence-electron chi connectivity index (χ1n) is 5.76. The molecule has 0 aliphatic carbocycles. The van der Waals surface area contributed by atoms with Gasteiger partial charge in [0.2, 0.25) is 0 Å². The van der Waals surface area contributed by atoms with E-state index < -0.39 is 0 Å². The molecule has 0 saturated carbocycles. The largest absolute Gasteiger partial charge is 0.330 e. The van der Waals surface area contributed by atoms with Crippen LogP contribution in [0.3, 0.4) is 0 Å². The summed E-state index contributed by atoms with van der Waals surface area (Å²) in [4.78, 5) is 26.0. The molecule has 94 valence electrons. The monoisotopic (exact) mass is 237 g/mol. The number of hydrogen-bond acceptors (Lipinski definition) is 3. The van der Waals surface area contributed by atoms with Gasteiger partial charge in [-0.05, 0) is 20.8 Å². The maximum absolute atomic E-state index is 12.0. The number of fused-ring (bicyclic) bond motifs is 1. The first-order valence-corrected chi connectivity index (χ1v) is 5.76. The van der Waals surface area contributed by atoms with Crippen LogP contribution in [0.15, 0.2) is 9.59 Å². The third-order valence-electron chi connectivity index (χ3n) is 3.53. The molecular formula is C12H19N3O2. The molecule has 5 heteroatoms. The Morgan fingerprint density at radius 1 is 1.00 bits per heavy atom. The van der Waals surface area contributed by atoms with E-state index in [0.717, 1.165) is 11.3 Å². The minimum Gasteiger partial charge on any atom is -0.299 e. The lowest BCUT2D eigenvalue weighted by Crippen LogP contribution is -2.39. The Bertz CT molecular complexity index is 575. The van der Waals surface area contributed by atoms with E-state index in [4.69, 9.17) is 0 Å². The van der Waals surface area contributed by atoms with Crippen molar-refractivity contribution in [2.24, 2.45) is 14.1 Å². The van der Waals surface area contributed by atoms with Crippen molar-refractivity contribution >= 4 is 0 Å². The van der Waals surface area contributed by atoms with E-state index in [2.05, 4.69) is 25.7 Å². The van der Waals surface area contributed by atoms with Crippen molar-refractivity contribution in [1.82, 2.24) is 14.0 Å². The van der Waals surface area contributed by atoms with E-state index in [0.29, 0.717) is 13.1 Å². The molecule has 0 radical (unpaired) electrons. The predicted molar refractivity (Wildman–Crippen MR) is 65.9 cm³/mol. The Morgan fingerprint density at radius 2 is 1.59 bits per heavy atom. The summed E-state index contributed by atoms with van der Waals surface area (Å²) in [6.45, 7) is 7.63. The van der Waals surface area contributed by atoms with Gasteiger partial charge in [-0.15, -0.1) is 0 Å². The maximum Gasteiger partial charge on any atom is 0.330 e. The Kier molecular flexibility index (Phi) is 2.54. The second-order valence-electron chi connectivity index (χ2n) is 5.66. The predicted octanol–water partition coefficient (Wildman–Crippen LogP) is 0.198. The second-order valence-corrected chi connectivity index (χ2v) is 5.66. The third kappa shape index (κ3) is 1.74. The van der Waals surface area contributed by atoms with E-state index in [1.807, 2.05) is 0 Å². The molecule has 0 bridgehead atoms. The summed E-state index contributed by atoms with van der Waals surface area (Å²) in [5.74, 6) is 0. The molecule has 0 amide bonds. The fraction of sp³-hybridized carbons (Fsp3) is 0.667. The summed E-state index contributed by atoms with van der Waals surface area (Å²) in [5, 5.41) is 0. The smallest absolute Gasteiger partial charge is 0.299 e. The van der Waals surface area contributed by atoms with E-state index >= 15 is 0 Å². The molecule has 0 fully saturated rings. The summed E-state index contributed by atoms with van der Waals surface area (Å²) in [7, 11) is 3.26. The molecule has 1 aromatic rings. The van der Waals surface area contributed by atoms with Crippen molar-refractivity contribution in [3.8, 4) is 0 Å². The van der Waals surface area contributed by atoms with Crippen LogP contribution in [0.4, 0.5) is 0 Å². The molecule has 0 saturated heterocycles. The van der Waals surface area contributed by atoms with Crippen molar-refractivity contribution in [3.63, 3.8) is 0 Å². The van der Waals surface area contributed by atoms with Gasteiger partial charge in [-0.25, -0.2) is 4.79 Å². The van der Waals surface area contributed by atoms with Gasteiger partial charge in [-0.1, -0.05) is 0 Å². The van der Waals surface area contributed by atoms with Gasteiger partial charge in [0.15, 0.2) is 0 Å². The van der Waals surface area contributed by atoms with Crippen molar-refractivity contribution in [3.05, 3.63) is 32.1 Å². The lowest BCUT2D eigenvalue weighted by atomic mass is 10.1. The van der Waals surface area contributed by atoms with Gasteiger partial charge in [0.25, 0.3) is 5.56 Å². The fourth-order valence-electron chi connectivity index (χ4n) is 2.22. The van der Waals surface area contributed by atoms with E-state index in [1.165, 1.54) is 11.6 Å². The van der Waals surface area contributed by atoms with Crippen molar-refractivity contribution in [1.29, 1.82) is 0 Å². The van der Waals surface area contributed by atoms with Gasteiger partial charge >= 0.3 is 5.69 Å². The van der Waals surface area contributed by atoms with Crippen LogP contribution in [0, 0.1) is 0 Å². The maximum atomic E-state index is 12.0. The SMILES string of the molecule is Cn1c2c(c(=O)n(C)c1=O)CN(C(C)(C)C)C2. The van der Waals surface area contributed by atoms with Crippen LogP contribution in [0.25, 0.3) is 0 Å². The average Bonchev–Trinajstić information content (AvgIpc) is 2.67. The molecule has 1 aliphatic rings. The normalized spacial score (nSPS) is 16.3. The quantitative estimate of drug-likeness (QED) is 0.647. The van der Waals surface area contributed by atoms with Gasteiger partial charge in [0, 0.05) is 38.4 Å². The van der Waals surface area contributed by atoms with Crippen LogP contribution in [-0.4, -0.2) is 19.6 Å². The first-order chi connectivity index (χ1) is 7.73. The highest BCUT2D eigenvalue weighted by Gasteiger charge is 2.32. The number of aromatic nitrogens is 2. The van der Waals surface area contributed by atoms with Gasteiger partial charge in [-0.3, -0.25) is 18.8 Å². The molecular weight excluding hydrogens is 218 g/mol. The Hall–Kier alpha value is -1.36. The Balaban J connectivity index is 2.61. The van der Waals surface area contributed by atoms with E-state index in [1.54, 1.807) is 11.6 Å². The van der Waals surface area contributed by atoms with Crippen molar-refractivity contribution in [2.75, 3.05) is 0 Å². The van der Waals surface area contributed by atoms with Crippen LogP contribution in [-0.2, 0) is 27.2 Å². The second kappa shape index (κ2) is 3.57. The average molecular weight is 237 g/mol. The molecule has 1 aliphatic heterocycles. The standard InChI is InChI=1S/C12H19N3O2/c1-12(2,3)15-6-8-9(7-15)13(4)11(17)14(5)10(8)16/h6-7H2,1-5H3. The summed E-state index contributed by atoms with van der Waals surface area (Å²) in [5.41, 5.74) is 1.21. The molecule has 0 atom stereocenters.